The first-order chi connectivity index (χ1) is 20.6. The van der Waals surface area contributed by atoms with Gasteiger partial charge in [-0.05, 0) is 84.3 Å². The summed E-state index contributed by atoms with van der Waals surface area (Å²) in [7, 11) is -4.12. The first kappa shape index (κ1) is 32.4. The minimum atomic E-state index is -4.12. The van der Waals surface area contributed by atoms with Gasteiger partial charge in [0.05, 0.1) is 4.90 Å². The molecule has 1 unspecified atom stereocenters. The highest BCUT2D eigenvalue weighted by Gasteiger charge is 2.34. The maximum atomic E-state index is 13.8. The highest BCUT2D eigenvalue weighted by molar-refractivity contribution is 8.08. The standard InChI is InChI=1S/C34H36N2O4S3/c1-5-32(34(38)36(41-4)43(39,40)28-18-15-24(2)16-19-28)35-33(37)30-20-17-27(23-42-22-26-12-7-6-8-13-26)21-31(30)29-14-10-9-11-25(29)3/h6-21,32H,5,22-23H2,1-4H3,(H,35,37). The molecule has 0 saturated heterocycles. The van der Waals surface area contributed by atoms with E-state index < -0.39 is 27.9 Å². The third kappa shape index (κ3) is 7.90. The molecule has 6 nitrogen and oxygen atoms in total. The monoisotopic (exact) mass is 632 g/mol. The van der Waals surface area contributed by atoms with Gasteiger partial charge in [0.15, 0.2) is 0 Å². The fraction of sp³-hybridized carbons (Fsp3) is 0.235. The van der Waals surface area contributed by atoms with Crippen molar-refractivity contribution >= 4 is 45.5 Å². The van der Waals surface area contributed by atoms with Crippen LogP contribution < -0.4 is 5.32 Å². The molecule has 0 heterocycles. The maximum Gasteiger partial charge on any atom is 0.276 e. The molecule has 0 spiro atoms. The quantitative estimate of drug-likeness (QED) is 0.164. The number of nitrogens with one attached hydrogen (secondary N) is 1. The molecule has 4 rings (SSSR count). The van der Waals surface area contributed by atoms with Gasteiger partial charge in [0, 0.05) is 23.3 Å². The Balaban J connectivity index is 1.59. The summed E-state index contributed by atoms with van der Waals surface area (Å²) in [6.07, 6.45) is 1.75. The molecule has 0 aliphatic rings. The molecule has 1 N–H and O–H groups in total. The van der Waals surface area contributed by atoms with Gasteiger partial charge in [-0.15, -0.1) is 0 Å². The van der Waals surface area contributed by atoms with Gasteiger partial charge in [0.25, 0.3) is 21.8 Å². The molecule has 0 aliphatic heterocycles. The molecule has 9 heteroatoms. The zero-order valence-electron chi connectivity index (χ0n) is 24.7. The van der Waals surface area contributed by atoms with E-state index in [1.807, 2.05) is 68.4 Å². The molecule has 0 aromatic heterocycles. The van der Waals surface area contributed by atoms with E-state index in [0.717, 1.165) is 55.0 Å². The number of aryl methyl sites for hydroxylation is 2. The van der Waals surface area contributed by atoms with Crippen molar-refractivity contribution in [3.05, 3.63) is 125 Å². The third-order valence-electron chi connectivity index (χ3n) is 7.04. The van der Waals surface area contributed by atoms with E-state index in [0.29, 0.717) is 5.56 Å². The summed E-state index contributed by atoms with van der Waals surface area (Å²) < 4.78 is 27.5. The van der Waals surface area contributed by atoms with Gasteiger partial charge in [0.2, 0.25) is 0 Å². The second-order valence-electron chi connectivity index (χ2n) is 10.2. The average Bonchev–Trinajstić information content (AvgIpc) is 3.01. The molecule has 0 bridgehead atoms. The van der Waals surface area contributed by atoms with Crippen molar-refractivity contribution in [2.75, 3.05) is 6.26 Å². The Bertz CT molecular complexity index is 1670. The van der Waals surface area contributed by atoms with Crippen molar-refractivity contribution in [3.8, 4) is 11.1 Å². The Kier molecular flexibility index (Phi) is 11.1. The second kappa shape index (κ2) is 14.8. The van der Waals surface area contributed by atoms with Crippen LogP contribution >= 0.6 is 23.7 Å². The number of hydrogen-bond acceptors (Lipinski definition) is 6. The first-order valence-corrected chi connectivity index (χ1v) is 17.7. The highest BCUT2D eigenvalue weighted by atomic mass is 32.3. The summed E-state index contributed by atoms with van der Waals surface area (Å²) >= 11 is 2.60. The summed E-state index contributed by atoms with van der Waals surface area (Å²) in [6, 6.07) is 29.2. The molecular formula is C34H36N2O4S3. The van der Waals surface area contributed by atoms with Gasteiger partial charge >= 0.3 is 0 Å². The van der Waals surface area contributed by atoms with Crippen molar-refractivity contribution in [1.82, 2.24) is 9.03 Å². The molecular weight excluding hydrogens is 597 g/mol. The van der Waals surface area contributed by atoms with Crippen LogP contribution in [0.5, 0.6) is 0 Å². The third-order valence-corrected chi connectivity index (χ3v) is 11.1. The van der Waals surface area contributed by atoms with Crippen LogP contribution in [0.1, 0.15) is 46.0 Å². The van der Waals surface area contributed by atoms with E-state index >= 15 is 0 Å². The topological polar surface area (TPSA) is 83.6 Å². The fourth-order valence-electron chi connectivity index (χ4n) is 4.65. The van der Waals surface area contributed by atoms with Gasteiger partial charge in [-0.1, -0.05) is 85.3 Å². The predicted molar refractivity (Wildman–Crippen MR) is 178 cm³/mol. The number of sulfonamides is 1. The number of carbonyl (C=O) groups excluding carboxylic acids is 2. The van der Waals surface area contributed by atoms with E-state index in [-0.39, 0.29) is 11.3 Å². The number of rotatable bonds is 12. The lowest BCUT2D eigenvalue weighted by Crippen LogP contribution is -2.47. The minimum absolute atomic E-state index is 0.0181. The Labute approximate surface area is 263 Å². The smallest absolute Gasteiger partial charge is 0.276 e. The van der Waals surface area contributed by atoms with Gasteiger partial charge < -0.3 is 5.32 Å². The molecule has 2 amide bonds. The zero-order valence-corrected chi connectivity index (χ0v) is 27.2. The Morgan fingerprint density at radius 3 is 2.12 bits per heavy atom. The zero-order chi connectivity index (χ0) is 31.0. The normalized spacial score (nSPS) is 12.0. The van der Waals surface area contributed by atoms with Gasteiger partial charge in [0.1, 0.15) is 6.04 Å². The van der Waals surface area contributed by atoms with Crippen molar-refractivity contribution in [2.24, 2.45) is 0 Å². The summed E-state index contributed by atoms with van der Waals surface area (Å²) in [5.41, 5.74) is 6.38. The number of nitrogens with zero attached hydrogens (tertiary/aromatic N) is 1. The van der Waals surface area contributed by atoms with Crippen LogP contribution in [0.15, 0.2) is 102 Å². The molecule has 1 atom stereocenters. The van der Waals surface area contributed by atoms with Gasteiger partial charge in [-0.25, -0.2) is 8.42 Å². The molecule has 224 valence electrons. The largest absolute Gasteiger partial charge is 0.340 e. The predicted octanol–water partition coefficient (Wildman–Crippen LogP) is 7.41. The Hall–Kier alpha value is -3.53. The Morgan fingerprint density at radius 1 is 0.814 bits per heavy atom. The van der Waals surface area contributed by atoms with E-state index in [1.54, 1.807) is 36.9 Å². The van der Waals surface area contributed by atoms with E-state index in [1.165, 1.54) is 24.0 Å². The molecule has 4 aromatic rings. The summed E-state index contributed by atoms with van der Waals surface area (Å²) in [5.74, 6) is 0.511. The van der Waals surface area contributed by atoms with Gasteiger partial charge in [-0.2, -0.15) is 15.5 Å². The number of hydrogen-bond donors (Lipinski definition) is 1. The fourth-order valence-corrected chi connectivity index (χ4v) is 7.98. The van der Waals surface area contributed by atoms with Crippen molar-refractivity contribution in [2.45, 2.75) is 49.6 Å². The van der Waals surface area contributed by atoms with Crippen LogP contribution in [0, 0.1) is 13.8 Å². The molecule has 4 aromatic carbocycles. The molecule has 0 radical (unpaired) electrons. The van der Waals surface area contributed by atoms with Crippen molar-refractivity contribution < 1.29 is 18.0 Å². The number of carbonyl (C=O) groups is 2. The van der Waals surface area contributed by atoms with Crippen molar-refractivity contribution in [3.63, 3.8) is 0 Å². The second-order valence-corrected chi connectivity index (χ2v) is 13.9. The van der Waals surface area contributed by atoms with E-state index in [4.69, 9.17) is 0 Å². The maximum absolute atomic E-state index is 13.8. The summed E-state index contributed by atoms with van der Waals surface area (Å²) in [5, 5.41) is 2.83. The number of benzene rings is 4. The van der Waals surface area contributed by atoms with Gasteiger partial charge in [-0.3, -0.25) is 9.59 Å². The van der Waals surface area contributed by atoms with Crippen LogP contribution in [0.25, 0.3) is 11.1 Å². The van der Waals surface area contributed by atoms with Crippen LogP contribution in [0.2, 0.25) is 0 Å². The lowest BCUT2D eigenvalue weighted by molar-refractivity contribution is -0.125. The van der Waals surface area contributed by atoms with E-state index in [2.05, 4.69) is 17.4 Å². The molecule has 0 aliphatic carbocycles. The summed E-state index contributed by atoms with van der Waals surface area (Å²) in [4.78, 5) is 27.3. The highest BCUT2D eigenvalue weighted by Crippen LogP contribution is 2.30. The van der Waals surface area contributed by atoms with E-state index in [9.17, 15) is 18.0 Å². The molecule has 0 saturated carbocycles. The Morgan fingerprint density at radius 2 is 1.47 bits per heavy atom. The minimum Gasteiger partial charge on any atom is -0.340 e. The van der Waals surface area contributed by atoms with Crippen molar-refractivity contribution in [1.29, 1.82) is 0 Å². The lowest BCUT2D eigenvalue weighted by Gasteiger charge is -2.25. The van der Waals surface area contributed by atoms with Crippen LogP contribution in [-0.2, 0) is 26.3 Å². The lowest BCUT2D eigenvalue weighted by atomic mass is 9.94. The number of thioether (sulfide) groups is 1. The molecule has 43 heavy (non-hydrogen) atoms. The van der Waals surface area contributed by atoms with Crippen LogP contribution in [0.3, 0.4) is 0 Å². The molecule has 0 fully saturated rings. The van der Waals surface area contributed by atoms with Crippen LogP contribution in [0.4, 0.5) is 0 Å². The summed E-state index contributed by atoms with van der Waals surface area (Å²) in [6.45, 7) is 5.60. The SMILES string of the molecule is CCC(NC(=O)c1ccc(CSCc2ccccc2)cc1-c1ccccc1C)C(=O)N(SC)S(=O)(=O)c1ccc(C)cc1. The van der Waals surface area contributed by atoms with Crippen LogP contribution in [-0.4, -0.2) is 36.2 Å². The first-order valence-electron chi connectivity index (χ1n) is 14.0. The average molecular weight is 633 g/mol. The number of amides is 2.